The van der Waals surface area contributed by atoms with Crippen molar-refractivity contribution in [3.63, 3.8) is 0 Å². The quantitative estimate of drug-likeness (QED) is 0.0271. The molecule has 0 aromatic carbocycles. The molecule has 0 bridgehead atoms. The Bertz CT molecular complexity index is 1010. The highest BCUT2D eigenvalue weighted by atomic mass is 31.2. The van der Waals surface area contributed by atoms with Crippen LogP contribution < -0.4 is 5.73 Å². The Morgan fingerprint density at radius 2 is 0.981 bits per heavy atom. The van der Waals surface area contributed by atoms with Crippen LogP contribution in [0.5, 0.6) is 0 Å². The number of hydrogen-bond donors (Lipinski definition) is 2. The van der Waals surface area contributed by atoms with Crippen LogP contribution in [0.15, 0.2) is 48.6 Å². The molecule has 53 heavy (non-hydrogen) atoms. The van der Waals surface area contributed by atoms with Gasteiger partial charge in [0.1, 0.15) is 6.61 Å². The number of unbranched alkanes of at least 4 members (excludes halogenated alkanes) is 18. The second-order valence-corrected chi connectivity index (χ2v) is 15.3. The zero-order valence-electron chi connectivity index (χ0n) is 33.7. The lowest BCUT2D eigenvalue weighted by atomic mass is 10.1. The predicted molar refractivity (Wildman–Crippen MR) is 220 cm³/mol. The summed E-state index contributed by atoms with van der Waals surface area (Å²) in [5.41, 5.74) is 5.34. The minimum Gasteiger partial charge on any atom is -0.462 e. The molecule has 0 aliphatic heterocycles. The van der Waals surface area contributed by atoms with Gasteiger partial charge in [-0.2, -0.15) is 0 Å². The lowest BCUT2D eigenvalue weighted by Gasteiger charge is -2.19. The first kappa shape index (κ1) is 51.0. The van der Waals surface area contributed by atoms with Gasteiger partial charge >= 0.3 is 19.8 Å². The Kier molecular flexibility index (Phi) is 38.1. The summed E-state index contributed by atoms with van der Waals surface area (Å²) < 4.78 is 32.7. The molecule has 2 unspecified atom stereocenters. The largest absolute Gasteiger partial charge is 0.472 e. The van der Waals surface area contributed by atoms with E-state index in [0.717, 1.165) is 64.2 Å². The number of phosphoric acid groups is 1. The number of carbonyl (C=O) groups excluding carboxylic acids is 2. The molecule has 9 nitrogen and oxygen atoms in total. The highest BCUT2D eigenvalue weighted by Gasteiger charge is 2.26. The van der Waals surface area contributed by atoms with Crippen molar-refractivity contribution in [2.45, 2.75) is 187 Å². The predicted octanol–water partition coefficient (Wildman–Crippen LogP) is 11.9. The molecule has 2 atom stereocenters. The van der Waals surface area contributed by atoms with Crippen LogP contribution in [-0.4, -0.2) is 49.3 Å². The topological polar surface area (TPSA) is 134 Å². The van der Waals surface area contributed by atoms with E-state index in [1.54, 1.807) is 0 Å². The fraction of sp³-hybridized carbons (Fsp3) is 0.767. The summed E-state index contributed by atoms with van der Waals surface area (Å²) in [5.74, 6) is -0.860. The molecule has 0 rings (SSSR count). The van der Waals surface area contributed by atoms with Crippen molar-refractivity contribution < 1.29 is 37.6 Å². The Labute approximate surface area is 324 Å². The van der Waals surface area contributed by atoms with Crippen molar-refractivity contribution in [2.24, 2.45) is 5.73 Å². The first-order valence-corrected chi connectivity index (χ1v) is 22.6. The summed E-state index contributed by atoms with van der Waals surface area (Å²) >= 11 is 0. The van der Waals surface area contributed by atoms with Crippen LogP contribution in [0.4, 0.5) is 0 Å². The van der Waals surface area contributed by atoms with E-state index in [0.29, 0.717) is 12.8 Å². The molecule has 0 saturated heterocycles. The maximum atomic E-state index is 12.6. The summed E-state index contributed by atoms with van der Waals surface area (Å²) in [7, 11) is -4.38. The molecule has 0 amide bonds. The number of phosphoric ester groups is 1. The highest BCUT2D eigenvalue weighted by Crippen LogP contribution is 2.43. The minimum atomic E-state index is -4.38. The maximum absolute atomic E-state index is 12.6. The van der Waals surface area contributed by atoms with Gasteiger partial charge in [-0.15, -0.1) is 0 Å². The van der Waals surface area contributed by atoms with Gasteiger partial charge < -0.3 is 20.1 Å². The van der Waals surface area contributed by atoms with Crippen LogP contribution in [0.3, 0.4) is 0 Å². The fourth-order valence-corrected chi connectivity index (χ4v) is 6.28. The zero-order valence-corrected chi connectivity index (χ0v) is 34.6. The molecule has 0 spiro atoms. The van der Waals surface area contributed by atoms with Crippen molar-refractivity contribution in [3.05, 3.63) is 48.6 Å². The number of hydrogen-bond acceptors (Lipinski definition) is 8. The molecule has 308 valence electrons. The molecule has 0 fully saturated rings. The SMILES string of the molecule is CCCCCC=CCC=CCC=CCCCCCCC(=O)OCC(COP(=O)(O)OCCN)OC(=O)CCCCCCCCCC=CCCCCCC. The molecule has 10 heteroatoms. The van der Waals surface area contributed by atoms with E-state index in [1.165, 1.54) is 77.0 Å². The molecule has 3 N–H and O–H groups in total. The third-order valence-electron chi connectivity index (χ3n) is 8.69. The van der Waals surface area contributed by atoms with Crippen LogP contribution in [0.25, 0.3) is 0 Å². The van der Waals surface area contributed by atoms with E-state index in [4.69, 9.17) is 24.3 Å². The number of carbonyl (C=O) groups is 2. The summed E-state index contributed by atoms with van der Waals surface area (Å²) in [5, 5.41) is 0. The molecular weight excluding hydrogens is 689 g/mol. The van der Waals surface area contributed by atoms with Gasteiger partial charge in [0.25, 0.3) is 0 Å². The summed E-state index contributed by atoms with van der Waals surface area (Å²) in [4.78, 5) is 34.8. The van der Waals surface area contributed by atoms with Gasteiger partial charge in [-0.3, -0.25) is 18.6 Å². The van der Waals surface area contributed by atoms with Gasteiger partial charge in [0.15, 0.2) is 6.10 Å². The van der Waals surface area contributed by atoms with E-state index >= 15 is 0 Å². The molecule has 0 heterocycles. The molecular formula is C43H78NO8P. The van der Waals surface area contributed by atoms with E-state index < -0.39 is 32.5 Å². The monoisotopic (exact) mass is 768 g/mol. The van der Waals surface area contributed by atoms with Crippen LogP contribution >= 0.6 is 7.82 Å². The lowest BCUT2D eigenvalue weighted by molar-refractivity contribution is -0.161. The number of allylic oxidation sites excluding steroid dienone is 8. The highest BCUT2D eigenvalue weighted by molar-refractivity contribution is 7.47. The van der Waals surface area contributed by atoms with Gasteiger partial charge in [0, 0.05) is 19.4 Å². The second kappa shape index (κ2) is 39.7. The third kappa shape index (κ3) is 39.5. The summed E-state index contributed by atoms with van der Waals surface area (Å²) in [6.45, 7) is 3.65. The van der Waals surface area contributed by atoms with Gasteiger partial charge in [-0.1, -0.05) is 140 Å². The zero-order chi connectivity index (χ0) is 38.9. The normalized spacial score (nSPS) is 13.8. The van der Waals surface area contributed by atoms with Crippen molar-refractivity contribution >= 4 is 19.8 Å². The van der Waals surface area contributed by atoms with Crippen LogP contribution in [0.2, 0.25) is 0 Å². The van der Waals surface area contributed by atoms with Crippen molar-refractivity contribution in [3.8, 4) is 0 Å². The molecule has 0 aromatic heterocycles. The fourth-order valence-electron chi connectivity index (χ4n) is 5.52. The Hall–Kier alpha value is -2.03. The molecule has 0 aromatic rings. The third-order valence-corrected chi connectivity index (χ3v) is 9.67. The molecule has 0 aliphatic carbocycles. The number of rotatable bonds is 39. The minimum absolute atomic E-state index is 0.0480. The number of ether oxygens (including phenoxy) is 2. The van der Waals surface area contributed by atoms with E-state index in [9.17, 15) is 19.0 Å². The van der Waals surface area contributed by atoms with Crippen molar-refractivity contribution in [1.29, 1.82) is 0 Å². The Morgan fingerprint density at radius 1 is 0.566 bits per heavy atom. The maximum Gasteiger partial charge on any atom is 0.472 e. The number of esters is 2. The summed E-state index contributed by atoms with van der Waals surface area (Å²) in [6, 6.07) is 0. The number of nitrogens with two attached hydrogens (primary N) is 1. The van der Waals surface area contributed by atoms with E-state index in [1.807, 2.05) is 0 Å². The van der Waals surface area contributed by atoms with Gasteiger partial charge in [0.05, 0.1) is 13.2 Å². The Balaban J connectivity index is 4.22. The van der Waals surface area contributed by atoms with Crippen LogP contribution in [0.1, 0.15) is 181 Å². The van der Waals surface area contributed by atoms with Gasteiger partial charge in [-0.25, -0.2) is 4.57 Å². The smallest absolute Gasteiger partial charge is 0.462 e. The van der Waals surface area contributed by atoms with Crippen molar-refractivity contribution in [1.82, 2.24) is 0 Å². The molecule has 0 aliphatic rings. The van der Waals surface area contributed by atoms with Crippen LogP contribution in [-0.2, 0) is 32.7 Å². The standard InChI is InChI=1S/C43H78NO8P/c1-3-5-7-9-11-13-15-17-19-20-22-23-25-27-29-31-33-35-42(45)49-39-41(40-51-53(47,48)50-38-37-44)52-43(46)36-34-32-30-28-26-24-21-18-16-14-12-10-8-6-4-2/h11,13-14,16-17,19,22-23,41H,3-10,12,15,18,20-21,24-40,44H2,1-2H3,(H,47,48). The molecule has 0 saturated carbocycles. The Morgan fingerprint density at radius 3 is 1.51 bits per heavy atom. The average molecular weight is 768 g/mol. The molecule has 0 radical (unpaired) electrons. The van der Waals surface area contributed by atoms with E-state index in [2.05, 4.69) is 62.5 Å². The first-order valence-electron chi connectivity index (χ1n) is 21.1. The van der Waals surface area contributed by atoms with Gasteiger partial charge in [0.2, 0.25) is 0 Å². The van der Waals surface area contributed by atoms with Gasteiger partial charge in [-0.05, 0) is 77.0 Å². The second-order valence-electron chi connectivity index (χ2n) is 13.8. The van der Waals surface area contributed by atoms with Crippen LogP contribution in [0, 0.1) is 0 Å². The summed E-state index contributed by atoms with van der Waals surface area (Å²) in [6.07, 6.45) is 44.2. The average Bonchev–Trinajstić information content (AvgIpc) is 3.14. The van der Waals surface area contributed by atoms with E-state index in [-0.39, 0.29) is 32.6 Å². The lowest BCUT2D eigenvalue weighted by Crippen LogP contribution is -2.29. The van der Waals surface area contributed by atoms with Crippen molar-refractivity contribution in [2.75, 3.05) is 26.4 Å². The first-order chi connectivity index (χ1) is 25.8.